The average molecular weight is 348 g/mol. The maximum atomic E-state index is 12.6. The highest BCUT2D eigenvalue weighted by atomic mass is 35.5. The number of rotatable bonds is 5. The number of alkyl halides is 3. The number of hydrogen-bond donors (Lipinski definition) is 1. The molecule has 0 aliphatic carbocycles. The number of nitrogens with two attached hydrogens (primary N) is 1. The van der Waals surface area contributed by atoms with Crippen LogP contribution >= 0.6 is 12.4 Å². The summed E-state index contributed by atoms with van der Waals surface area (Å²) in [5, 5.41) is 0. The Morgan fingerprint density at radius 1 is 1.04 bits per heavy atom. The van der Waals surface area contributed by atoms with Crippen molar-refractivity contribution >= 4 is 12.4 Å². The molecule has 0 aromatic heterocycles. The molecule has 2 aromatic rings. The van der Waals surface area contributed by atoms with Crippen LogP contribution in [0.2, 0.25) is 0 Å². The van der Waals surface area contributed by atoms with Gasteiger partial charge in [-0.1, -0.05) is 36.4 Å². The van der Waals surface area contributed by atoms with Crippen LogP contribution in [0.3, 0.4) is 0 Å². The lowest BCUT2D eigenvalue weighted by Crippen LogP contribution is -2.28. The zero-order valence-corrected chi connectivity index (χ0v) is 13.2. The number of halogens is 4. The van der Waals surface area contributed by atoms with E-state index in [1.54, 1.807) is 0 Å². The van der Waals surface area contributed by atoms with Gasteiger partial charge in [0.05, 0.1) is 7.11 Å². The molecule has 0 bridgehead atoms. The molecule has 0 spiro atoms. The molecule has 7 heteroatoms. The first-order valence-corrected chi connectivity index (χ1v) is 6.59. The van der Waals surface area contributed by atoms with Crippen molar-refractivity contribution in [2.24, 2.45) is 5.73 Å². The van der Waals surface area contributed by atoms with Crippen LogP contribution in [0.4, 0.5) is 13.2 Å². The highest BCUT2D eigenvalue weighted by Crippen LogP contribution is 2.35. The van der Waals surface area contributed by atoms with Gasteiger partial charge in [-0.2, -0.15) is 13.2 Å². The number of methoxy groups -OCH3 is 1. The van der Waals surface area contributed by atoms with Crippen LogP contribution in [0.1, 0.15) is 17.2 Å². The predicted octanol–water partition coefficient (Wildman–Crippen LogP) is 4.26. The van der Waals surface area contributed by atoms with E-state index in [1.165, 1.54) is 25.3 Å². The fourth-order valence-corrected chi connectivity index (χ4v) is 1.92. The summed E-state index contributed by atoms with van der Waals surface area (Å²) in [7, 11) is 1.37. The molecule has 0 heterocycles. The molecular weight excluding hydrogens is 331 g/mol. The number of ether oxygens (including phenoxy) is 2. The Bertz CT molecular complexity index is 620. The highest BCUT2D eigenvalue weighted by molar-refractivity contribution is 5.85. The van der Waals surface area contributed by atoms with Crippen molar-refractivity contribution in [1.29, 1.82) is 0 Å². The molecule has 0 saturated carbocycles. The molecule has 2 aromatic carbocycles. The minimum Gasteiger partial charge on any atom is -0.493 e. The molecule has 0 fully saturated rings. The van der Waals surface area contributed by atoms with Crippen LogP contribution in [-0.2, 0) is 6.61 Å². The molecular formula is C16H17ClF3NO2. The first kappa shape index (κ1) is 19.1. The summed E-state index contributed by atoms with van der Waals surface area (Å²) < 4.78 is 48.6. The van der Waals surface area contributed by atoms with Gasteiger partial charge in [-0.15, -0.1) is 12.4 Å². The van der Waals surface area contributed by atoms with E-state index >= 15 is 0 Å². The van der Waals surface area contributed by atoms with E-state index in [-0.39, 0.29) is 23.7 Å². The van der Waals surface area contributed by atoms with Crippen LogP contribution in [0.15, 0.2) is 48.5 Å². The molecule has 0 radical (unpaired) electrons. The largest absolute Gasteiger partial charge is 0.493 e. The van der Waals surface area contributed by atoms with Gasteiger partial charge < -0.3 is 15.2 Å². The number of benzene rings is 2. The minimum absolute atomic E-state index is 0. The minimum atomic E-state index is -4.50. The average Bonchev–Trinajstić information content (AvgIpc) is 2.52. The second-order valence-corrected chi connectivity index (χ2v) is 4.70. The van der Waals surface area contributed by atoms with Gasteiger partial charge in [0.1, 0.15) is 12.6 Å². The lowest BCUT2D eigenvalue weighted by molar-refractivity contribution is -0.149. The monoisotopic (exact) mass is 347 g/mol. The fourth-order valence-electron chi connectivity index (χ4n) is 1.92. The van der Waals surface area contributed by atoms with Crippen molar-refractivity contribution in [3.8, 4) is 11.5 Å². The topological polar surface area (TPSA) is 44.5 Å². The van der Waals surface area contributed by atoms with Crippen molar-refractivity contribution < 1.29 is 22.6 Å². The van der Waals surface area contributed by atoms with Crippen molar-refractivity contribution in [2.45, 2.75) is 18.8 Å². The fraction of sp³-hybridized carbons (Fsp3) is 0.250. The van der Waals surface area contributed by atoms with E-state index in [4.69, 9.17) is 15.2 Å². The Kier molecular flexibility index (Phi) is 6.72. The Labute approximate surface area is 138 Å². The van der Waals surface area contributed by atoms with E-state index in [0.29, 0.717) is 12.4 Å². The Hall–Kier alpha value is -1.92. The van der Waals surface area contributed by atoms with Crippen molar-refractivity contribution in [3.05, 3.63) is 59.7 Å². The van der Waals surface area contributed by atoms with Crippen LogP contribution < -0.4 is 15.2 Å². The van der Waals surface area contributed by atoms with Crippen LogP contribution in [0, 0.1) is 0 Å². The van der Waals surface area contributed by atoms with Crippen molar-refractivity contribution in [1.82, 2.24) is 0 Å². The molecule has 126 valence electrons. The molecule has 0 amide bonds. The SMILES string of the molecule is COc1cc([C@@H](N)C(F)(F)F)ccc1OCc1ccccc1.Cl. The second kappa shape index (κ2) is 8.08. The van der Waals surface area contributed by atoms with E-state index in [1.807, 2.05) is 30.3 Å². The zero-order chi connectivity index (χ0) is 16.2. The molecule has 1 atom stereocenters. The summed E-state index contributed by atoms with van der Waals surface area (Å²) in [4.78, 5) is 0. The maximum absolute atomic E-state index is 12.6. The van der Waals surface area contributed by atoms with Gasteiger partial charge in [0.2, 0.25) is 0 Å². The second-order valence-electron chi connectivity index (χ2n) is 4.70. The van der Waals surface area contributed by atoms with Crippen molar-refractivity contribution in [2.75, 3.05) is 7.11 Å². The summed E-state index contributed by atoms with van der Waals surface area (Å²) >= 11 is 0. The quantitative estimate of drug-likeness (QED) is 0.879. The first-order chi connectivity index (χ1) is 10.4. The predicted molar refractivity (Wildman–Crippen MR) is 84.0 cm³/mol. The van der Waals surface area contributed by atoms with Gasteiger partial charge in [-0.25, -0.2) is 0 Å². The summed E-state index contributed by atoms with van der Waals surface area (Å²) in [5.41, 5.74) is 6.06. The smallest absolute Gasteiger partial charge is 0.407 e. The molecule has 2 rings (SSSR count). The van der Waals surface area contributed by atoms with E-state index in [0.717, 1.165) is 5.56 Å². The molecule has 0 saturated heterocycles. The van der Waals surface area contributed by atoms with Gasteiger partial charge in [0.25, 0.3) is 0 Å². The van der Waals surface area contributed by atoms with Gasteiger partial charge >= 0.3 is 6.18 Å². The summed E-state index contributed by atoms with van der Waals surface area (Å²) in [5.74, 6) is 0.581. The molecule has 2 N–H and O–H groups in total. The lowest BCUT2D eigenvalue weighted by Gasteiger charge is -2.18. The van der Waals surface area contributed by atoms with Crippen LogP contribution in [0.5, 0.6) is 11.5 Å². The van der Waals surface area contributed by atoms with Gasteiger partial charge in [0.15, 0.2) is 11.5 Å². The Morgan fingerprint density at radius 3 is 2.26 bits per heavy atom. The summed E-state index contributed by atoms with van der Waals surface area (Å²) in [6.45, 7) is 0.294. The summed E-state index contributed by atoms with van der Waals surface area (Å²) in [6.07, 6.45) is -4.50. The third-order valence-electron chi connectivity index (χ3n) is 3.14. The van der Waals surface area contributed by atoms with Gasteiger partial charge in [0, 0.05) is 0 Å². The Balaban J connectivity index is 0.00000264. The normalized spacial score (nSPS) is 12.2. The van der Waals surface area contributed by atoms with Crippen molar-refractivity contribution in [3.63, 3.8) is 0 Å². The molecule has 23 heavy (non-hydrogen) atoms. The molecule has 0 unspecified atom stereocenters. The highest BCUT2D eigenvalue weighted by Gasteiger charge is 2.38. The maximum Gasteiger partial charge on any atom is 0.407 e. The third-order valence-corrected chi connectivity index (χ3v) is 3.14. The van der Waals surface area contributed by atoms with Gasteiger partial charge in [-0.3, -0.25) is 0 Å². The zero-order valence-electron chi connectivity index (χ0n) is 12.3. The molecule has 0 aliphatic rings. The van der Waals surface area contributed by atoms with E-state index < -0.39 is 12.2 Å². The summed E-state index contributed by atoms with van der Waals surface area (Å²) in [6, 6.07) is 11.3. The van der Waals surface area contributed by atoms with E-state index in [9.17, 15) is 13.2 Å². The van der Waals surface area contributed by atoms with Gasteiger partial charge in [-0.05, 0) is 23.3 Å². The van der Waals surface area contributed by atoms with Crippen LogP contribution in [-0.4, -0.2) is 13.3 Å². The lowest BCUT2D eigenvalue weighted by atomic mass is 10.1. The standard InChI is InChI=1S/C16H16F3NO2.ClH/c1-21-14-9-12(15(20)16(17,18)19)7-8-13(14)22-10-11-5-3-2-4-6-11;/h2-9,15H,10,20H2,1H3;1H/t15-;/m1./s1. The molecule has 3 nitrogen and oxygen atoms in total. The number of hydrogen-bond acceptors (Lipinski definition) is 3. The Morgan fingerprint density at radius 2 is 1.70 bits per heavy atom. The molecule has 0 aliphatic heterocycles. The van der Waals surface area contributed by atoms with Crippen LogP contribution in [0.25, 0.3) is 0 Å². The third kappa shape index (κ3) is 5.04. The van der Waals surface area contributed by atoms with E-state index in [2.05, 4.69) is 0 Å². The first-order valence-electron chi connectivity index (χ1n) is 6.59.